The lowest BCUT2D eigenvalue weighted by Crippen LogP contribution is -2.20. The van der Waals surface area contributed by atoms with Gasteiger partial charge in [0.05, 0.1) is 12.3 Å². The van der Waals surface area contributed by atoms with Crippen molar-refractivity contribution < 1.29 is 19.8 Å². The average molecular weight is 278 g/mol. The highest BCUT2D eigenvalue weighted by Crippen LogP contribution is 2.23. The average Bonchev–Trinajstić information content (AvgIpc) is 2.36. The Morgan fingerprint density at radius 2 is 1.80 bits per heavy atom. The van der Waals surface area contributed by atoms with E-state index in [9.17, 15) is 14.7 Å². The summed E-state index contributed by atoms with van der Waals surface area (Å²) in [6.07, 6.45) is 15.0. The lowest BCUT2D eigenvalue weighted by molar-refractivity contribution is -0.147. The number of hydrogen-bond donors (Lipinski definition) is 2. The molecule has 0 aliphatic heterocycles. The number of carbonyl (C=O) groups is 2. The summed E-state index contributed by atoms with van der Waals surface area (Å²) in [5.74, 6) is -3.06. The molecule has 110 valence electrons. The smallest absolute Gasteiger partial charge is 0.311 e. The number of aliphatic carboxylic acids is 2. The van der Waals surface area contributed by atoms with E-state index in [1.165, 1.54) is 0 Å². The van der Waals surface area contributed by atoms with Gasteiger partial charge in [0.1, 0.15) is 0 Å². The van der Waals surface area contributed by atoms with Crippen LogP contribution in [0.2, 0.25) is 0 Å². The first-order chi connectivity index (χ1) is 9.61. The molecule has 0 heterocycles. The number of carboxylic acids is 2. The quantitative estimate of drug-likeness (QED) is 0.824. The summed E-state index contributed by atoms with van der Waals surface area (Å²) >= 11 is 0. The molecule has 1 rings (SSSR count). The Morgan fingerprint density at radius 3 is 2.50 bits per heavy atom. The maximum absolute atomic E-state index is 11.3. The predicted octanol–water partition coefficient (Wildman–Crippen LogP) is 3.55. The summed E-state index contributed by atoms with van der Waals surface area (Å²) < 4.78 is 0. The van der Waals surface area contributed by atoms with Crippen molar-refractivity contribution in [1.82, 2.24) is 0 Å². The zero-order chi connectivity index (χ0) is 14.8. The summed E-state index contributed by atoms with van der Waals surface area (Å²) in [5.41, 5.74) is 0.699. The van der Waals surface area contributed by atoms with Gasteiger partial charge >= 0.3 is 11.9 Å². The molecule has 0 amide bonds. The van der Waals surface area contributed by atoms with Crippen LogP contribution in [-0.2, 0) is 9.59 Å². The van der Waals surface area contributed by atoms with Crippen LogP contribution in [0.5, 0.6) is 0 Å². The molecule has 1 aliphatic carbocycles. The Bertz CT molecular complexity index is 418. The molecule has 1 atom stereocenters. The van der Waals surface area contributed by atoms with Crippen LogP contribution >= 0.6 is 0 Å². The summed E-state index contributed by atoms with van der Waals surface area (Å²) in [7, 11) is 0. The molecule has 0 saturated carbocycles. The lowest BCUT2D eigenvalue weighted by atomic mass is 9.90. The molecule has 4 nitrogen and oxygen atoms in total. The molecular formula is C16H22O4. The van der Waals surface area contributed by atoms with Crippen molar-refractivity contribution >= 4 is 11.9 Å². The van der Waals surface area contributed by atoms with E-state index in [1.807, 2.05) is 12.2 Å². The SMILES string of the molecule is O=C(O)CC(C(=O)O)C1=CC=CC=CCCCCCC1. The van der Waals surface area contributed by atoms with E-state index >= 15 is 0 Å². The second kappa shape index (κ2) is 9.13. The van der Waals surface area contributed by atoms with Crippen molar-refractivity contribution in [2.45, 2.75) is 44.9 Å². The van der Waals surface area contributed by atoms with Gasteiger partial charge in [-0.25, -0.2) is 0 Å². The molecule has 0 bridgehead atoms. The molecule has 0 saturated heterocycles. The Hall–Kier alpha value is -1.84. The van der Waals surface area contributed by atoms with Crippen molar-refractivity contribution in [3.8, 4) is 0 Å². The van der Waals surface area contributed by atoms with Gasteiger partial charge in [-0.3, -0.25) is 9.59 Å². The molecule has 1 aliphatic rings. The molecule has 2 N–H and O–H groups in total. The topological polar surface area (TPSA) is 74.6 Å². The second-order valence-corrected chi connectivity index (χ2v) is 5.00. The summed E-state index contributed by atoms with van der Waals surface area (Å²) in [6.45, 7) is 0. The van der Waals surface area contributed by atoms with Crippen LogP contribution in [0.4, 0.5) is 0 Å². The van der Waals surface area contributed by atoms with Gasteiger partial charge in [-0.05, 0) is 25.7 Å². The fraction of sp³-hybridized carbons (Fsp3) is 0.500. The normalized spacial score (nSPS) is 18.5. The molecule has 1 unspecified atom stereocenters. The minimum Gasteiger partial charge on any atom is -0.481 e. The van der Waals surface area contributed by atoms with Gasteiger partial charge < -0.3 is 10.2 Å². The second-order valence-electron chi connectivity index (χ2n) is 5.00. The van der Waals surface area contributed by atoms with E-state index in [-0.39, 0.29) is 6.42 Å². The van der Waals surface area contributed by atoms with Gasteiger partial charge in [0.15, 0.2) is 0 Å². The predicted molar refractivity (Wildman–Crippen MR) is 77.4 cm³/mol. The fourth-order valence-electron chi connectivity index (χ4n) is 2.29. The highest BCUT2D eigenvalue weighted by molar-refractivity contribution is 5.80. The van der Waals surface area contributed by atoms with Crippen LogP contribution < -0.4 is 0 Å². The Balaban J connectivity index is 2.87. The van der Waals surface area contributed by atoms with Crippen molar-refractivity contribution in [2.75, 3.05) is 0 Å². The third kappa shape index (κ3) is 6.36. The zero-order valence-electron chi connectivity index (χ0n) is 11.6. The molecule has 0 radical (unpaired) electrons. The van der Waals surface area contributed by atoms with Crippen LogP contribution in [-0.4, -0.2) is 22.2 Å². The van der Waals surface area contributed by atoms with E-state index < -0.39 is 17.9 Å². The molecule has 0 spiro atoms. The fourth-order valence-corrected chi connectivity index (χ4v) is 2.29. The van der Waals surface area contributed by atoms with Crippen LogP contribution in [0.1, 0.15) is 44.9 Å². The molecule has 0 aromatic heterocycles. The number of hydrogen-bond acceptors (Lipinski definition) is 2. The minimum absolute atomic E-state index is 0.356. The van der Waals surface area contributed by atoms with E-state index in [2.05, 4.69) is 6.08 Å². The maximum Gasteiger partial charge on any atom is 0.311 e. The lowest BCUT2D eigenvalue weighted by Gasteiger charge is -2.14. The Labute approximate surface area is 119 Å². The number of rotatable bonds is 4. The van der Waals surface area contributed by atoms with Crippen molar-refractivity contribution in [1.29, 1.82) is 0 Å². The van der Waals surface area contributed by atoms with Crippen LogP contribution in [0.3, 0.4) is 0 Å². The number of carboxylic acid groups (broad SMARTS) is 2. The third-order valence-electron chi connectivity index (χ3n) is 3.38. The highest BCUT2D eigenvalue weighted by Gasteiger charge is 2.24. The van der Waals surface area contributed by atoms with Gasteiger partial charge in [0, 0.05) is 0 Å². The zero-order valence-corrected chi connectivity index (χ0v) is 11.6. The van der Waals surface area contributed by atoms with Crippen molar-refractivity contribution in [2.24, 2.45) is 5.92 Å². The van der Waals surface area contributed by atoms with Gasteiger partial charge in [-0.2, -0.15) is 0 Å². The minimum atomic E-state index is -1.08. The van der Waals surface area contributed by atoms with Gasteiger partial charge in [-0.15, -0.1) is 0 Å². The first-order valence-electron chi connectivity index (χ1n) is 7.08. The van der Waals surface area contributed by atoms with Crippen LogP contribution in [0.15, 0.2) is 36.0 Å². The molecule has 20 heavy (non-hydrogen) atoms. The van der Waals surface area contributed by atoms with Gasteiger partial charge in [-0.1, -0.05) is 48.8 Å². The largest absolute Gasteiger partial charge is 0.481 e. The highest BCUT2D eigenvalue weighted by atomic mass is 16.4. The Morgan fingerprint density at radius 1 is 1.05 bits per heavy atom. The van der Waals surface area contributed by atoms with Crippen molar-refractivity contribution in [3.63, 3.8) is 0 Å². The standard InChI is InChI=1S/C16H22O4/c17-15(18)12-14(16(19)20)13-10-8-6-4-2-1-3-5-7-9-11-13/h2,4,6,8,10,14H,1,3,5,7,9,11-12H2,(H,17,18)(H,19,20). The Kier molecular flexibility index (Phi) is 7.40. The molecule has 0 fully saturated rings. The van der Waals surface area contributed by atoms with E-state index in [0.717, 1.165) is 32.1 Å². The van der Waals surface area contributed by atoms with Crippen molar-refractivity contribution in [3.05, 3.63) is 36.0 Å². The van der Waals surface area contributed by atoms with Gasteiger partial charge in [0.25, 0.3) is 0 Å². The van der Waals surface area contributed by atoms with E-state index in [1.54, 1.807) is 12.2 Å². The van der Waals surface area contributed by atoms with Gasteiger partial charge in [0.2, 0.25) is 0 Å². The van der Waals surface area contributed by atoms with Crippen LogP contribution in [0.25, 0.3) is 0 Å². The van der Waals surface area contributed by atoms with Crippen LogP contribution in [0, 0.1) is 5.92 Å². The molecule has 0 aromatic rings. The van der Waals surface area contributed by atoms with E-state index in [4.69, 9.17) is 5.11 Å². The monoisotopic (exact) mass is 278 g/mol. The number of allylic oxidation sites excluding steroid dienone is 5. The molecule has 0 aromatic carbocycles. The van der Waals surface area contributed by atoms with E-state index in [0.29, 0.717) is 12.0 Å². The summed E-state index contributed by atoms with van der Waals surface area (Å²) in [5, 5.41) is 18.1. The molecular weight excluding hydrogens is 256 g/mol. The summed E-state index contributed by atoms with van der Waals surface area (Å²) in [6, 6.07) is 0. The first kappa shape index (κ1) is 16.2. The maximum atomic E-state index is 11.3. The summed E-state index contributed by atoms with van der Waals surface area (Å²) in [4.78, 5) is 22.1. The third-order valence-corrected chi connectivity index (χ3v) is 3.38. The molecule has 4 heteroatoms. The first-order valence-corrected chi connectivity index (χ1v) is 7.08.